The van der Waals surface area contributed by atoms with E-state index in [9.17, 15) is 10.1 Å². The zero-order chi connectivity index (χ0) is 15.8. The summed E-state index contributed by atoms with van der Waals surface area (Å²) in [6.45, 7) is 6.06. The van der Waals surface area contributed by atoms with Crippen LogP contribution in [0.25, 0.3) is 0 Å². The Morgan fingerprint density at radius 3 is 2.67 bits per heavy atom. The molecule has 1 rings (SSSR count). The number of nitrogens with zero attached hydrogens (tertiary/aromatic N) is 2. The molecular formula is C15H25N3O3. The van der Waals surface area contributed by atoms with Gasteiger partial charge in [0.15, 0.2) is 5.75 Å². The van der Waals surface area contributed by atoms with E-state index in [0.717, 1.165) is 19.4 Å². The maximum atomic E-state index is 11.1. The van der Waals surface area contributed by atoms with Crippen LogP contribution in [0.4, 0.5) is 11.4 Å². The lowest BCUT2D eigenvalue weighted by Crippen LogP contribution is -2.27. The average Bonchev–Trinajstić information content (AvgIpc) is 2.45. The van der Waals surface area contributed by atoms with Crippen molar-refractivity contribution in [2.45, 2.75) is 32.7 Å². The molecule has 6 nitrogen and oxygen atoms in total. The van der Waals surface area contributed by atoms with Crippen molar-refractivity contribution in [1.29, 1.82) is 0 Å². The van der Waals surface area contributed by atoms with Gasteiger partial charge in [0.1, 0.15) is 5.69 Å². The van der Waals surface area contributed by atoms with Crippen molar-refractivity contribution in [3.05, 3.63) is 28.3 Å². The van der Waals surface area contributed by atoms with Crippen molar-refractivity contribution in [1.82, 2.24) is 4.90 Å². The molecule has 118 valence electrons. The summed E-state index contributed by atoms with van der Waals surface area (Å²) in [7, 11) is 3.54. The number of benzene rings is 1. The minimum atomic E-state index is -0.409. The number of unbranched alkanes of at least 4 members (excludes halogenated alkanes) is 1. The molecule has 0 aliphatic rings. The fourth-order valence-corrected chi connectivity index (χ4v) is 1.99. The van der Waals surface area contributed by atoms with Gasteiger partial charge in [0.2, 0.25) is 0 Å². The van der Waals surface area contributed by atoms with Gasteiger partial charge >= 0.3 is 5.69 Å². The smallest absolute Gasteiger partial charge is 0.333 e. The van der Waals surface area contributed by atoms with Crippen molar-refractivity contribution in [2.75, 3.05) is 32.6 Å². The maximum Gasteiger partial charge on any atom is 0.333 e. The molecule has 1 N–H and O–H groups in total. The molecule has 0 spiro atoms. The number of ether oxygens (including phenoxy) is 1. The summed E-state index contributed by atoms with van der Waals surface area (Å²) in [5, 5.41) is 14.3. The van der Waals surface area contributed by atoms with Gasteiger partial charge in [-0.2, -0.15) is 0 Å². The van der Waals surface area contributed by atoms with E-state index in [4.69, 9.17) is 4.74 Å². The van der Waals surface area contributed by atoms with E-state index in [0.29, 0.717) is 18.3 Å². The highest BCUT2D eigenvalue weighted by Crippen LogP contribution is 2.34. The Morgan fingerprint density at radius 1 is 1.38 bits per heavy atom. The SMILES string of the molecule is COc1cccc(NCCCCN(C)C(C)C)c1[N+](=O)[O-]. The lowest BCUT2D eigenvalue weighted by Gasteiger charge is -2.20. The number of nitrogens with one attached hydrogen (secondary N) is 1. The first-order chi connectivity index (χ1) is 9.97. The van der Waals surface area contributed by atoms with Crippen LogP contribution in [-0.2, 0) is 0 Å². The molecule has 0 aliphatic heterocycles. The summed E-state index contributed by atoms with van der Waals surface area (Å²) in [4.78, 5) is 13.0. The van der Waals surface area contributed by atoms with Crippen LogP contribution >= 0.6 is 0 Å². The van der Waals surface area contributed by atoms with Crippen LogP contribution in [-0.4, -0.2) is 43.1 Å². The fourth-order valence-electron chi connectivity index (χ4n) is 1.99. The molecule has 0 aliphatic carbocycles. The van der Waals surface area contributed by atoms with Crippen LogP contribution in [0.3, 0.4) is 0 Å². The van der Waals surface area contributed by atoms with E-state index in [2.05, 4.69) is 31.1 Å². The molecule has 0 saturated carbocycles. The van der Waals surface area contributed by atoms with Crippen LogP contribution in [0, 0.1) is 10.1 Å². The van der Waals surface area contributed by atoms with Gasteiger partial charge in [0, 0.05) is 12.6 Å². The zero-order valence-electron chi connectivity index (χ0n) is 13.3. The number of rotatable bonds is 9. The molecule has 21 heavy (non-hydrogen) atoms. The van der Waals surface area contributed by atoms with Crippen LogP contribution in [0.15, 0.2) is 18.2 Å². The summed E-state index contributed by atoms with van der Waals surface area (Å²) < 4.78 is 5.04. The van der Waals surface area contributed by atoms with Crippen molar-refractivity contribution >= 4 is 11.4 Å². The number of hydrogen-bond donors (Lipinski definition) is 1. The Bertz CT molecular complexity index is 463. The molecule has 1 aromatic carbocycles. The van der Waals surface area contributed by atoms with E-state index in [-0.39, 0.29) is 11.4 Å². The number of anilines is 1. The van der Waals surface area contributed by atoms with E-state index >= 15 is 0 Å². The third-order valence-electron chi connectivity index (χ3n) is 3.54. The molecule has 1 aromatic rings. The highest BCUT2D eigenvalue weighted by atomic mass is 16.6. The maximum absolute atomic E-state index is 11.1. The molecule has 0 fully saturated rings. The normalized spacial score (nSPS) is 11.0. The van der Waals surface area contributed by atoms with Gasteiger partial charge in [0.05, 0.1) is 12.0 Å². The monoisotopic (exact) mass is 295 g/mol. The largest absolute Gasteiger partial charge is 0.490 e. The highest BCUT2D eigenvalue weighted by Gasteiger charge is 2.19. The Kier molecular flexibility index (Phi) is 6.94. The Labute approximate surface area is 126 Å². The van der Waals surface area contributed by atoms with Gasteiger partial charge < -0.3 is 15.0 Å². The number of methoxy groups -OCH3 is 1. The first-order valence-electron chi connectivity index (χ1n) is 7.23. The predicted molar refractivity (Wildman–Crippen MR) is 85.1 cm³/mol. The minimum Gasteiger partial charge on any atom is -0.490 e. The number of nitro benzene ring substituents is 1. The lowest BCUT2D eigenvalue weighted by molar-refractivity contribution is -0.384. The first-order valence-corrected chi connectivity index (χ1v) is 7.23. The fraction of sp³-hybridized carbons (Fsp3) is 0.600. The summed E-state index contributed by atoms with van der Waals surface area (Å²) in [5.74, 6) is 0.282. The van der Waals surface area contributed by atoms with Gasteiger partial charge in [0.25, 0.3) is 0 Å². The molecule has 0 aromatic heterocycles. The molecule has 0 heterocycles. The van der Waals surface area contributed by atoms with Crippen LogP contribution in [0.5, 0.6) is 5.75 Å². The highest BCUT2D eigenvalue weighted by molar-refractivity contribution is 5.68. The molecule has 0 bridgehead atoms. The molecule has 6 heteroatoms. The molecule has 0 amide bonds. The topological polar surface area (TPSA) is 67.6 Å². The Morgan fingerprint density at radius 2 is 2.10 bits per heavy atom. The summed E-state index contributed by atoms with van der Waals surface area (Å²) in [5.41, 5.74) is 0.510. The Hall–Kier alpha value is -1.82. The van der Waals surface area contributed by atoms with Gasteiger partial charge in [-0.1, -0.05) is 6.07 Å². The van der Waals surface area contributed by atoms with Gasteiger partial charge in [-0.25, -0.2) is 0 Å². The molecular weight excluding hydrogens is 270 g/mol. The van der Waals surface area contributed by atoms with Crippen molar-refractivity contribution in [2.24, 2.45) is 0 Å². The predicted octanol–water partition coefficient (Wildman–Crippen LogP) is 3.14. The third-order valence-corrected chi connectivity index (χ3v) is 3.54. The van der Waals surface area contributed by atoms with Crippen molar-refractivity contribution in [3.8, 4) is 5.75 Å². The second-order valence-electron chi connectivity index (χ2n) is 5.32. The third kappa shape index (κ3) is 5.23. The van der Waals surface area contributed by atoms with Gasteiger partial charge in [-0.3, -0.25) is 10.1 Å². The van der Waals surface area contributed by atoms with Crippen molar-refractivity contribution in [3.63, 3.8) is 0 Å². The van der Waals surface area contributed by atoms with Crippen molar-refractivity contribution < 1.29 is 9.66 Å². The lowest BCUT2D eigenvalue weighted by atomic mass is 10.2. The van der Waals surface area contributed by atoms with E-state index in [1.165, 1.54) is 7.11 Å². The van der Waals surface area contributed by atoms with Gasteiger partial charge in [-0.15, -0.1) is 0 Å². The quantitative estimate of drug-likeness (QED) is 0.430. The standard InChI is InChI=1S/C15H25N3O3/c1-12(2)17(3)11-6-5-10-16-13-8-7-9-14(21-4)15(13)18(19)20/h7-9,12,16H,5-6,10-11H2,1-4H3. The van der Waals surface area contributed by atoms with E-state index < -0.39 is 4.92 Å². The Balaban J connectivity index is 2.51. The van der Waals surface area contributed by atoms with E-state index in [1.54, 1.807) is 18.2 Å². The number of nitro groups is 1. The zero-order valence-corrected chi connectivity index (χ0v) is 13.3. The first kappa shape index (κ1) is 17.2. The molecule has 0 saturated heterocycles. The van der Waals surface area contributed by atoms with Crippen LogP contribution < -0.4 is 10.1 Å². The molecule has 0 unspecified atom stereocenters. The van der Waals surface area contributed by atoms with Crippen LogP contribution in [0.1, 0.15) is 26.7 Å². The summed E-state index contributed by atoms with van der Waals surface area (Å²) >= 11 is 0. The number of para-hydroxylation sites is 1. The second kappa shape index (κ2) is 8.46. The summed E-state index contributed by atoms with van der Waals surface area (Å²) in [6.07, 6.45) is 2.02. The second-order valence-corrected chi connectivity index (χ2v) is 5.32. The average molecular weight is 295 g/mol. The van der Waals surface area contributed by atoms with Gasteiger partial charge in [-0.05, 0) is 52.4 Å². The number of hydrogen-bond acceptors (Lipinski definition) is 5. The van der Waals surface area contributed by atoms with Crippen LogP contribution in [0.2, 0.25) is 0 Å². The molecule has 0 radical (unpaired) electrons. The molecule has 0 atom stereocenters. The summed E-state index contributed by atoms with van der Waals surface area (Å²) in [6, 6.07) is 5.60. The van der Waals surface area contributed by atoms with E-state index in [1.807, 2.05) is 0 Å². The minimum absolute atomic E-state index is 0.000650.